The van der Waals surface area contributed by atoms with Gasteiger partial charge in [0.1, 0.15) is 11.5 Å². The first kappa shape index (κ1) is 16.8. The molecule has 1 aromatic carbocycles. The summed E-state index contributed by atoms with van der Waals surface area (Å²) in [7, 11) is 0. The molecule has 0 aliphatic carbocycles. The van der Waals surface area contributed by atoms with Crippen molar-refractivity contribution in [2.24, 2.45) is 0 Å². The second-order valence-electron chi connectivity index (χ2n) is 5.68. The molecule has 1 aliphatic heterocycles. The average molecular weight is 351 g/mol. The predicted molar refractivity (Wildman–Crippen MR) is 86.0 cm³/mol. The minimum Gasteiger partial charge on any atom is -0.390 e. The van der Waals surface area contributed by atoms with Crippen LogP contribution in [-0.4, -0.2) is 51.1 Å². The molecule has 126 valence electrons. The molecule has 24 heavy (non-hydrogen) atoms. The highest BCUT2D eigenvalue weighted by Gasteiger charge is 2.32. The Morgan fingerprint density at radius 1 is 1.42 bits per heavy atom. The van der Waals surface area contributed by atoms with Crippen LogP contribution in [0.25, 0.3) is 0 Å². The van der Waals surface area contributed by atoms with E-state index in [2.05, 4.69) is 15.3 Å². The van der Waals surface area contributed by atoms with Crippen molar-refractivity contribution < 1.29 is 14.3 Å². The van der Waals surface area contributed by atoms with Crippen LogP contribution in [-0.2, 0) is 6.54 Å². The number of aliphatic hydroxyl groups excluding tert-OH is 1. The zero-order valence-electron chi connectivity index (χ0n) is 12.7. The summed E-state index contributed by atoms with van der Waals surface area (Å²) in [6.07, 6.45) is 3.57. The fourth-order valence-corrected chi connectivity index (χ4v) is 2.81. The first-order valence-corrected chi connectivity index (χ1v) is 7.82. The van der Waals surface area contributed by atoms with E-state index in [4.69, 9.17) is 11.6 Å². The van der Waals surface area contributed by atoms with E-state index < -0.39 is 18.0 Å². The zero-order valence-corrected chi connectivity index (χ0v) is 13.4. The van der Waals surface area contributed by atoms with Crippen LogP contribution in [0.4, 0.5) is 4.39 Å². The maximum Gasteiger partial charge on any atom is 0.271 e. The summed E-state index contributed by atoms with van der Waals surface area (Å²) in [6, 6.07) is 4.20. The number of aliphatic hydroxyl groups is 1. The first-order chi connectivity index (χ1) is 11.5. The number of hydrogen-bond acceptors (Lipinski definition) is 5. The van der Waals surface area contributed by atoms with Crippen LogP contribution in [0.5, 0.6) is 0 Å². The van der Waals surface area contributed by atoms with Crippen molar-refractivity contribution in [1.29, 1.82) is 0 Å². The van der Waals surface area contributed by atoms with Crippen LogP contribution in [0, 0.1) is 5.82 Å². The van der Waals surface area contributed by atoms with Gasteiger partial charge in [-0.2, -0.15) is 0 Å². The first-order valence-electron chi connectivity index (χ1n) is 7.44. The Hall–Kier alpha value is -2.09. The number of aromatic nitrogens is 2. The van der Waals surface area contributed by atoms with Gasteiger partial charge in [-0.15, -0.1) is 0 Å². The summed E-state index contributed by atoms with van der Waals surface area (Å²) in [6.45, 7) is 1.30. The molecule has 3 rings (SSSR count). The zero-order chi connectivity index (χ0) is 17.1. The Balaban J connectivity index is 1.60. The molecule has 2 heterocycles. The number of nitrogens with one attached hydrogen (secondary N) is 1. The highest BCUT2D eigenvalue weighted by atomic mass is 35.5. The van der Waals surface area contributed by atoms with E-state index in [1.165, 1.54) is 30.7 Å². The van der Waals surface area contributed by atoms with Crippen molar-refractivity contribution in [2.75, 3.05) is 13.1 Å². The normalized spacial score (nSPS) is 21.0. The van der Waals surface area contributed by atoms with Gasteiger partial charge < -0.3 is 10.4 Å². The molecule has 1 saturated heterocycles. The lowest BCUT2D eigenvalue weighted by atomic mass is 10.2. The molecule has 0 spiro atoms. The minimum absolute atomic E-state index is 0.0781. The molecular formula is C16H16ClFN4O2. The Kier molecular flexibility index (Phi) is 5.03. The van der Waals surface area contributed by atoms with Gasteiger partial charge in [-0.3, -0.25) is 14.7 Å². The Labute approximate surface area is 143 Å². The van der Waals surface area contributed by atoms with Crippen molar-refractivity contribution in [1.82, 2.24) is 20.2 Å². The molecule has 0 bridgehead atoms. The van der Waals surface area contributed by atoms with Gasteiger partial charge in [-0.1, -0.05) is 17.7 Å². The topological polar surface area (TPSA) is 78.4 Å². The van der Waals surface area contributed by atoms with Crippen molar-refractivity contribution in [2.45, 2.75) is 18.7 Å². The molecule has 1 fully saturated rings. The van der Waals surface area contributed by atoms with Gasteiger partial charge in [-0.25, -0.2) is 9.37 Å². The molecule has 1 aromatic heterocycles. The summed E-state index contributed by atoms with van der Waals surface area (Å²) in [5, 5.41) is 13.0. The Morgan fingerprint density at radius 3 is 2.96 bits per heavy atom. The fraction of sp³-hybridized carbons (Fsp3) is 0.312. The Morgan fingerprint density at radius 2 is 2.25 bits per heavy atom. The van der Waals surface area contributed by atoms with E-state index in [1.807, 2.05) is 4.90 Å². The second kappa shape index (κ2) is 7.21. The highest BCUT2D eigenvalue weighted by Crippen LogP contribution is 2.19. The van der Waals surface area contributed by atoms with Crippen molar-refractivity contribution in [3.63, 3.8) is 0 Å². The molecule has 2 aromatic rings. The van der Waals surface area contributed by atoms with Crippen LogP contribution in [0.2, 0.25) is 5.02 Å². The van der Waals surface area contributed by atoms with E-state index in [9.17, 15) is 14.3 Å². The van der Waals surface area contributed by atoms with Crippen LogP contribution in [0.15, 0.2) is 36.8 Å². The number of carbonyl (C=O) groups excluding carboxylic acids is 1. The minimum atomic E-state index is -0.706. The van der Waals surface area contributed by atoms with Crippen LogP contribution < -0.4 is 5.32 Å². The highest BCUT2D eigenvalue weighted by molar-refractivity contribution is 6.30. The maximum absolute atomic E-state index is 13.5. The van der Waals surface area contributed by atoms with Gasteiger partial charge in [0.15, 0.2) is 0 Å². The Bertz CT molecular complexity index is 731. The molecule has 2 N–H and O–H groups in total. The predicted octanol–water partition coefficient (Wildman–Crippen LogP) is 1.24. The smallest absolute Gasteiger partial charge is 0.271 e. The molecule has 8 heteroatoms. The molecule has 0 unspecified atom stereocenters. The van der Waals surface area contributed by atoms with Gasteiger partial charge >= 0.3 is 0 Å². The van der Waals surface area contributed by atoms with Gasteiger partial charge in [0.2, 0.25) is 0 Å². The largest absolute Gasteiger partial charge is 0.390 e. The lowest BCUT2D eigenvalue weighted by molar-refractivity contribution is 0.0883. The maximum atomic E-state index is 13.5. The number of hydrogen-bond donors (Lipinski definition) is 2. The summed E-state index contributed by atoms with van der Waals surface area (Å²) < 4.78 is 13.5. The number of nitrogens with zero attached hydrogens (tertiary/aromatic N) is 3. The molecular weight excluding hydrogens is 335 g/mol. The van der Waals surface area contributed by atoms with Crippen molar-refractivity contribution >= 4 is 17.5 Å². The third-order valence-corrected chi connectivity index (χ3v) is 4.17. The molecule has 0 saturated carbocycles. The summed E-state index contributed by atoms with van der Waals surface area (Å²) in [5.74, 6) is -0.854. The summed E-state index contributed by atoms with van der Waals surface area (Å²) in [4.78, 5) is 21.8. The summed E-state index contributed by atoms with van der Waals surface area (Å²) >= 11 is 5.67. The number of β-amino-alcohol motifs (C(OH)–C–C–N with tert-alkyl or cyclic N) is 1. The van der Waals surface area contributed by atoms with Crippen LogP contribution in [0.1, 0.15) is 16.1 Å². The van der Waals surface area contributed by atoms with E-state index in [0.717, 1.165) is 5.56 Å². The van der Waals surface area contributed by atoms with Gasteiger partial charge in [0.25, 0.3) is 5.91 Å². The molecule has 1 amide bonds. The number of carbonyl (C=O) groups is 1. The van der Waals surface area contributed by atoms with Crippen LogP contribution >= 0.6 is 11.6 Å². The average Bonchev–Trinajstić information content (AvgIpc) is 2.91. The SMILES string of the molecule is O=C(N[C@@H]1CN(Cc2ccc(Cl)c(F)c2)C[C@H]1O)c1cnccn1. The number of amides is 1. The monoisotopic (exact) mass is 350 g/mol. The number of rotatable bonds is 4. The number of halogens is 2. The third-order valence-electron chi connectivity index (χ3n) is 3.87. The van der Waals surface area contributed by atoms with Gasteiger partial charge in [-0.05, 0) is 17.7 Å². The number of likely N-dealkylation sites (tertiary alicyclic amines) is 1. The fourth-order valence-electron chi connectivity index (χ4n) is 2.69. The van der Waals surface area contributed by atoms with E-state index in [-0.39, 0.29) is 16.6 Å². The standard InChI is InChI=1S/C16H16ClFN4O2/c17-11-2-1-10(5-12(11)18)7-22-8-14(15(23)9-22)21-16(24)13-6-19-3-4-20-13/h1-6,14-15,23H,7-9H2,(H,21,24)/t14-,15-/m1/s1. The summed E-state index contributed by atoms with van der Waals surface area (Å²) in [5.41, 5.74) is 0.952. The van der Waals surface area contributed by atoms with Gasteiger partial charge in [0.05, 0.1) is 23.4 Å². The van der Waals surface area contributed by atoms with Gasteiger partial charge in [0, 0.05) is 32.0 Å². The number of benzene rings is 1. The van der Waals surface area contributed by atoms with Crippen LogP contribution in [0.3, 0.4) is 0 Å². The van der Waals surface area contributed by atoms with Crippen molar-refractivity contribution in [3.8, 4) is 0 Å². The van der Waals surface area contributed by atoms with E-state index in [1.54, 1.807) is 6.07 Å². The van der Waals surface area contributed by atoms with E-state index in [0.29, 0.717) is 19.6 Å². The quantitative estimate of drug-likeness (QED) is 0.867. The molecule has 1 aliphatic rings. The third kappa shape index (κ3) is 3.87. The molecule has 2 atom stereocenters. The second-order valence-corrected chi connectivity index (χ2v) is 6.09. The van der Waals surface area contributed by atoms with E-state index >= 15 is 0 Å². The van der Waals surface area contributed by atoms with Crippen molar-refractivity contribution in [3.05, 3.63) is 58.9 Å². The molecule has 0 radical (unpaired) electrons. The lowest BCUT2D eigenvalue weighted by Crippen LogP contribution is -2.43. The molecule has 6 nitrogen and oxygen atoms in total. The lowest BCUT2D eigenvalue weighted by Gasteiger charge is -2.16.